The minimum atomic E-state index is -4.62. The molecule has 7 heteroatoms. The van der Waals surface area contributed by atoms with E-state index in [9.17, 15) is 18.0 Å². The SMILES string of the molecule is CCn1cc(NC(=O)C=C(c2ccccc2)C(F)(F)F)cn1. The predicted octanol–water partition coefficient (Wildman–Crippen LogP) is 3.49. The van der Waals surface area contributed by atoms with Crippen molar-refractivity contribution in [2.45, 2.75) is 19.6 Å². The number of rotatable bonds is 4. The van der Waals surface area contributed by atoms with Crippen LogP contribution in [0, 0.1) is 0 Å². The lowest BCUT2D eigenvalue weighted by Gasteiger charge is -2.11. The first kappa shape index (κ1) is 15.8. The number of anilines is 1. The summed E-state index contributed by atoms with van der Waals surface area (Å²) in [6, 6.07) is 7.19. The zero-order chi connectivity index (χ0) is 16.2. The number of allylic oxidation sites excluding steroid dienone is 1. The number of carbonyl (C=O) groups excluding carboxylic acids is 1. The molecule has 0 aliphatic rings. The first-order valence-corrected chi connectivity index (χ1v) is 6.58. The molecule has 2 rings (SSSR count). The summed E-state index contributed by atoms with van der Waals surface area (Å²) in [5.74, 6) is -0.855. The first-order valence-electron chi connectivity index (χ1n) is 6.58. The maximum atomic E-state index is 13.1. The van der Waals surface area contributed by atoms with E-state index in [1.54, 1.807) is 16.9 Å². The summed E-state index contributed by atoms with van der Waals surface area (Å²) in [7, 11) is 0. The van der Waals surface area contributed by atoms with E-state index in [4.69, 9.17) is 0 Å². The Labute approximate surface area is 125 Å². The molecule has 0 aliphatic heterocycles. The first-order chi connectivity index (χ1) is 10.4. The zero-order valence-corrected chi connectivity index (χ0v) is 11.8. The molecule has 0 fully saturated rings. The summed E-state index contributed by atoms with van der Waals surface area (Å²) in [4.78, 5) is 11.8. The molecule has 1 N–H and O–H groups in total. The van der Waals surface area contributed by atoms with Crippen LogP contribution in [0.2, 0.25) is 0 Å². The van der Waals surface area contributed by atoms with E-state index >= 15 is 0 Å². The normalized spacial score (nSPS) is 12.3. The van der Waals surface area contributed by atoms with Gasteiger partial charge in [0.25, 0.3) is 0 Å². The van der Waals surface area contributed by atoms with Crippen LogP contribution in [0.5, 0.6) is 0 Å². The third kappa shape index (κ3) is 3.97. The van der Waals surface area contributed by atoms with E-state index < -0.39 is 17.7 Å². The van der Waals surface area contributed by atoms with Gasteiger partial charge in [-0.1, -0.05) is 30.3 Å². The number of halogens is 3. The highest BCUT2D eigenvalue weighted by molar-refractivity contribution is 6.04. The van der Waals surface area contributed by atoms with Crippen molar-refractivity contribution in [1.82, 2.24) is 9.78 Å². The highest BCUT2D eigenvalue weighted by Gasteiger charge is 2.35. The molecule has 0 aliphatic carbocycles. The van der Waals surface area contributed by atoms with Gasteiger partial charge in [0.15, 0.2) is 0 Å². The second-order valence-electron chi connectivity index (χ2n) is 4.50. The topological polar surface area (TPSA) is 46.9 Å². The third-order valence-corrected chi connectivity index (χ3v) is 2.89. The largest absolute Gasteiger partial charge is 0.417 e. The lowest BCUT2D eigenvalue weighted by Crippen LogP contribution is -2.15. The molecule has 2 aromatic rings. The number of alkyl halides is 3. The molecule has 1 heterocycles. The molecule has 0 radical (unpaired) electrons. The van der Waals surface area contributed by atoms with Crippen LogP contribution >= 0.6 is 0 Å². The summed E-state index contributed by atoms with van der Waals surface area (Å²) in [6.07, 6.45) is -1.14. The van der Waals surface area contributed by atoms with E-state index in [1.165, 1.54) is 30.5 Å². The molecule has 0 unspecified atom stereocenters. The third-order valence-electron chi connectivity index (χ3n) is 2.89. The monoisotopic (exact) mass is 309 g/mol. The number of benzene rings is 1. The van der Waals surface area contributed by atoms with Gasteiger partial charge in [-0.2, -0.15) is 18.3 Å². The Hall–Kier alpha value is -2.57. The Bertz CT molecular complexity index is 675. The Balaban J connectivity index is 2.24. The van der Waals surface area contributed by atoms with Gasteiger partial charge < -0.3 is 5.32 Å². The summed E-state index contributed by atoms with van der Waals surface area (Å²) in [5.41, 5.74) is -0.708. The smallest absolute Gasteiger partial charge is 0.320 e. The van der Waals surface area contributed by atoms with Crippen LogP contribution in [0.25, 0.3) is 5.57 Å². The van der Waals surface area contributed by atoms with Gasteiger partial charge in [-0.25, -0.2) is 0 Å². The number of nitrogens with zero attached hydrogens (tertiary/aromatic N) is 2. The zero-order valence-electron chi connectivity index (χ0n) is 11.8. The van der Waals surface area contributed by atoms with Crippen molar-refractivity contribution in [1.29, 1.82) is 0 Å². The number of nitrogens with one attached hydrogen (secondary N) is 1. The number of hydrogen-bond donors (Lipinski definition) is 1. The van der Waals surface area contributed by atoms with E-state index in [1.807, 2.05) is 6.92 Å². The highest BCUT2D eigenvalue weighted by Crippen LogP contribution is 2.33. The van der Waals surface area contributed by atoms with Crippen molar-refractivity contribution in [3.8, 4) is 0 Å². The molecule has 0 saturated heterocycles. The van der Waals surface area contributed by atoms with E-state index in [0.717, 1.165) is 0 Å². The molecule has 116 valence electrons. The standard InChI is InChI=1S/C15H14F3N3O/c1-2-21-10-12(9-19-21)20-14(22)8-13(15(16,17)18)11-6-4-3-5-7-11/h3-10H,2H2,1H3,(H,20,22). The van der Waals surface area contributed by atoms with Crippen molar-refractivity contribution in [2.75, 3.05) is 5.32 Å². The predicted molar refractivity (Wildman–Crippen MR) is 77.0 cm³/mol. The number of aromatic nitrogens is 2. The van der Waals surface area contributed by atoms with Gasteiger partial charge in [-0.15, -0.1) is 0 Å². The van der Waals surface area contributed by atoms with Gasteiger partial charge in [0, 0.05) is 18.8 Å². The average Bonchev–Trinajstić information content (AvgIpc) is 2.92. The van der Waals surface area contributed by atoms with Crippen LogP contribution in [0.4, 0.5) is 18.9 Å². The van der Waals surface area contributed by atoms with E-state index in [0.29, 0.717) is 18.3 Å². The van der Waals surface area contributed by atoms with Gasteiger partial charge in [0.2, 0.25) is 5.91 Å². The Morgan fingerprint density at radius 2 is 2.00 bits per heavy atom. The molecule has 4 nitrogen and oxygen atoms in total. The Kier molecular flexibility index (Phi) is 4.65. The summed E-state index contributed by atoms with van der Waals surface area (Å²) in [5, 5.41) is 6.30. The number of amides is 1. The molecule has 1 amide bonds. The molecule has 1 aromatic heterocycles. The fourth-order valence-electron chi connectivity index (χ4n) is 1.86. The van der Waals surface area contributed by atoms with Crippen molar-refractivity contribution >= 4 is 17.2 Å². The molecule has 0 saturated carbocycles. The summed E-state index contributed by atoms with van der Waals surface area (Å²) in [6.45, 7) is 2.46. The van der Waals surface area contributed by atoms with Gasteiger partial charge in [-0.3, -0.25) is 9.48 Å². The lowest BCUT2D eigenvalue weighted by atomic mass is 10.1. The lowest BCUT2D eigenvalue weighted by molar-refractivity contribution is -0.112. The molecule has 0 spiro atoms. The fraction of sp³-hybridized carbons (Fsp3) is 0.200. The second-order valence-corrected chi connectivity index (χ2v) is 4.50. The van der Waals surface area contributed by atoms with Gasteiger partial charge in [0.1, 0.15) is 0 Å². The van der Waals surface area contributed by atoms with Crippen molar-refractivity contribution < 1.29 is 18.0 Å². The number of carbonyl (C=O) groups is 1. The second kappa shape index (κ2) is 6.46. The van der Waals surface area contributed by atoms with E-state index in [-0.39, 0.29) is 5.56 Å². The molecule has 1 aromatic carbocycles. The van der Waals surface area contributed by atoms with Gasteiger partial charge in [0.05, 0.1) is 17.5 Å². The van der Waals surface area contributed by atoms with Crippen LogP contribution in [0.15, 0.2) is 48.8 Å². The fourth-order valence-corrected chi connectivity index (χ4v) is 1.86. The van der Waals surface area contributed by atoms with E-state index in [2.05, 4.69) is 10.4 Å². The van der Waals surface area contributed by atoms with Crippen molar-refractivity contribution in [3.05, 3.63) is 54.4 Å². The molecule has 0 atom stereocenters. The van der Waals surface area contributed by atoms with Crippen molar-refractivity contribution in [3.63, 3.8) is 0 Å². The Morgan fingerprint density at radius 1 is 1.32 bits per heavy atom. The van der Waals surface area contributed by atoms with Crippen LogP contribution in [-0.2, 0) is 11.3 Å². The number of aryl methyl sites for hydroxylation is 1. The number of hydrogen-bond acceptors (Lipinski definition) is 2. The quantitative estimate of drug-likeness (QED) is 0.879. The molecule has 22 heavy (non-hydrogen) atoms. The molecular formula is C15H14F3N3O. The van der Waals surface area contributed by atoms with Crippen LogP contribution < -0.4 is 5.32 Å². The minimum absolute atomic E-state index is 0.0607. The molecular weight excluding hydrogens is 295 g/mol. The average molecular weight is 309 g/mol. The maximum Gasteiger partial charge on any atom is 0.417 e. The van der Waals surface area contributed by atoms with Crippen LogP contribution in [0.1, 0.15) is 12.5 Å². The van der Waals surface area contributed by atoms with Crippen molar-refractivity contribution in [2.24, 2.45) is 0 Å². The Morgan fingerprint density at radius 3 is 2.55 bits per heavy atom. The maximum absolute atomic E-state index is 13.1. The molecule has 0 bridgehead atoms. The summed E-state index contributed by atoms with van der Waals surface area (Å²) >= 11 is 0. The van der Waals surface area contributed by atoms with Crippen LogP contribution in [-0.4, -0.2) is 21.9 Å². The minimum Gasteiger partial charge on any atom is -0.320 e. The van der Waals surface area contributed by atoms with Gasteiger partial charge >= 0.3 is 6.18 Å². The summed E-state index contributed by atoms with van der Waals surface area (Å²) < 4.78 is 40.9. The van der Waals surface area contributed by atoms with Gasteiger partial charge in [-0.05, 0) is 12.5 Å². The highest BCUT2D eigenvalue weighted by atomic mass is 19.4. The van der Waals surface area contributed by atoms with Crippen LogP contribution in [0.3, 0.4) is 0 Å².